The highest BCUT2D eigenvalue weighted by atomic mass is 28.4. The molecular formula is C48H41N7Si3. The van der Waals surface area contributed by atoms with E-state index in [9.17, 15) is 0 Å². The average Bonchev–Trinajstić information content (AvgIpc) is 3.84. The molecule has 3 aliphatic rings. The summed E-state index contributed by atoms with van der Waals surface area (Å²) in [5.74, 6) is 0. The van der Waals surface area contributed by atoms with Crippen LogP contribution in [0, 0.1) is 0 Å². The summed E-state index contributed by atoms with van der Waals surface area (Å²) >= 11 is 0. The van der Waals surface area contributed by atoms with E-state index >= 15 is 0 Å². The van der Waals surface area contributed by atoms with Crippen LogP contribution in [-0.4, -0.2) is 25.2 Å². The largest absolute Gasteiger partial charge is 0.304 e. The van der Waals surface area contributed by atoms with Crippen LogP contribution in [-0.2, 0) is 0 Å². The topological polar surface area (TPSA) is 77.4 Å². The molecule has 58 heavy (non-hydrogen) atoms. The molecule has 7 nitrogen and oxygen atoms in total. The Morgan fingerprint density at radius 3 is 1.59 bits per heavy atom. The van der Waals surface area contributed by atoms with Gasteiger partial charge in [-0.3, -0.25) is 27.9 Å². The molecule has 0 bridgehead atoms. The summed E-state index contributed by atoms with van der Waals surface area (Å²) in [5.41, 5.74) is 7.37. The van der Waals surface area contributed by atoms with E-state index in [2.05, 4.69) is 184 Å². The average molecular weight is 800 g/mol. The van der Waals surface area contributed by atoms with Crippen molar-refractivity contribution in [1.82, 2.24) is 0 Å². The summed E-state index contributed by atoms with van der Waals surface area (Å²) in [6.45, 7) is 13.3. The van der Waals surface area contributed by atoms with Crippen LogP contribution in [0.5, 0.6) is 0 Å². The van der Waals surface area contributed by atoms with Crippen LogP contribution in [0.1, 0.15) is 0 Å². The summed E-state index contributed by atoms with van der Waals surface area (Å²) in [6.07, 6.45) is 0. The lowest BCUT2D eigenvalue weighted by Crippen LogP contribution is -2.38. The normalized spacial score (nSPS) is 16.3. The number of hydrogen-bond donors (Lipinski definition) is 0. The second-order valence-electron chi connectivity index (χ2n) is 17.1. The van der Waals surface area contributed by atoms with Crippen molar-refractivity contribution in [2.75, 3.05) is 4.90 Å². The molecule has 10 heteroatoms. The Balaban J connectivity index is 1.19. The summed E-state index contributed by atoms with van der Waals surface area (Å²) in [6, 6.07) is 50.4. The van der Waals surface area contributed by atoms with E-state index in [1.807, 2.05) is 0 Å². The first-order valence-electron chi connectivity index (χ1n) is 20.0. The first-order chi connectivity index (χ1) is 27.9. The van der Waals surface area contributed by atoms with Crippen LogP contribution in [0.25, 0.3) is 54.6 Å². The molecule has 3 heterocycles. The predicted octanol–water partition coefficient (Wildman–Crippen LogP) is 8.81. The van der Waals surface area contributed by atoms with E-state index in [1.54, 1.807) is 0 Å². The first-order valence-corrected chi connectivity index (χ1v) is 28.6. The molecule has 280 valence electrons. The van der Waals surface area contributed by atoms with E-state index in [1.165, 1.54) is 32.3 Å². The highest BCUT2D eigenvalue weighted by Crippen LogP contribution is 2.34. The fourth-order valence-corrected chi connectivity index (χ4v) is 13.8. The summed E-state index contributed by atoms with van der Waals surface area (Å²) in [4.78, 5) is 2.35. The van der Waals surface area contributed by atoms with Gasteiger partial charge in [-0.05, 0) is 131 Å². The van der Waals surface area contributed by atoms with Crippen molar-refractivity contribution in [1.29, 1.82) is 0 Å². The van der Waals surface area contributed by atoms with Crippen LogP contribution in [0.3, 0.4) is 0 Å². The van der Waals surface area contributed by atoms with Crippen molar-refractivity contribution in [3.05, 3.63) is 172 Å². The van der Waals surface area contributed by atoms with Gasteiger partial charge in [0.05, 0.1) is 49.2 Å². The smallest absolute Gasteiger partial charge is 0.298 e. The van der Waals surface area contributed by atoms with Crippen molar-refractivity contribution >= 4 is 74.6 Å². The number of nitrogens with zero attached hydrogens (tertiary/aromatic N) is 7. The lowest BCUT2D eigenvalue weighted by Gasteiger charge is -2.26. The molecule has 0 N–H and O–H groups in total. The zero-order valence-corrected chi connectivity index (χ0v) is 36.4. The lowest BCUT2D eigenvalue weighted by atomic mass is 9.96. The van der Waals surface area contributed by atoms with E-state index < -0.39 is 25.2 Å². The van der Waals surface area contributed by atoms with E-state index in [0.717, 1.165) is 71.5 Å². The summed E-state index contributed by atoms with van der Waals surface area (Å²) in [7, 11) is -7.00. The standard InChI is InChI=1S/C48H41N7Si3/c1-56(2)49-40-19-12-20-41(46(40)52-56)55(43-26-24-39(45-48(43)54-58(5,6)51-45)38-18-11-16-30-13-9-10-17-36(30)38)42-25-23-37(44-47(42)53-57(3,4)50-44)34-22-21-33-27-31-14-7-8-15-32(31)28-35(33)29-34/h7-29H,1-6H3. The molecule has 0 radical (unpaired) electrons. The summed E-state index contributed by atoms with van der Waals surface area (Å²) in [5, 5.41) is 12.9. The zero-order valence-electron chi connectivity index (χ0n) is 33.4. The predicted molar refractivity (Wildman–Crippen MR) is 244 cm³/mol. The van der Waals surface area contributed by atoms with Gasteiger partial charge >= 0.3 is 0 Å². The molecular weight excluding hydrogens is 759 g/mol. The molecule has 8 aromatic rings. The van der Waals surface area contributed by atoms with Crippen molar-refractivity contribution in [3.8, 4) is 22.3 Å². The number of benzene rings is 8. The monoisotopic (exact) mass is 799 g/mol. The first kappa shape index (κ1) is 35.0. The minimum Gasteiger partial charge on any atom is -0.304 e. The molecule has 0 aromatic heterocycles. The quantitative estimate of drug-likeness (QED) is 0.127. The molecule has 0 fully saturated rings. The second-order valence-corrected chi connectivity index (χ2v) is 27.4. The third-order valence-corrected chi connectivity index (χ3v) is 16.0. The van der Waals surface area contributed by atoms with Gasteiger partial charge in [0.25, 0.3) is 25.2 Å². The SMILES string of the molecule is C[Si]1(C)N=c2cccc(N(c3ccc(-c4ccc5cc6ccccc6cc5c4)c4c3=N[Si](C)(C)N=4)c3ccc(-c4cccc5ccccc45)c4c3=N[Si](C)(C)N=4)c2=N1. The minimum atomic E-state index is -2.39. The molecule has 8 aromatic carbocycles. The molecule has 3 aliphatic heterocycles. The molecule has 0 amide bonds. The third-order valence-electron chi connectivity index (χ3n) is 11.4. The maximum atomic E-state index is 5.53. The second kappa shape index (κ2) is 12.4. The van der Waals surface area contributed by atoms with Gasteiger partial charge in [0.1, 0.15) is 0 Å². The maximum absolute atomic E-state index is 5.53. The number of fused-ring (bicyclic) bond motifs is 6. The van der Waals surface area contributed by atoms with Crippen LogP contribution in [0.2, 0.25) is 39.3 Å². The van der Waals surface area contributed by atoms with E-state index in [0.29, 0.717) is 0 Å². The van der Waals surface area contributed by atoms with Crippen molar-refractivity contribution in [2.45, 2.75) is 39.3 Å². The van der Waals surface area contributed by atoms with Gasteiger partial charge in [0, 0.05) is 11.1 Å². The Morgan fingerprint density at radius 2 is 0.862 bits per heavy atom. The molecule has 11 rings (SSSR count). The van der Waals surface area contributed by atoms with Gasteiger partial charge in [-0.1, -0.05) is 91.0 Å². The fourth-order valence-electron chi connectivity index (χ4n) is 9.00. The van der Waals surface area contributed by atoms with E-state index in [-0.39, 0.29) is 0 Å². The molecule has 0 atom stereocenters. The van der Waals surface area contributed by atoms with Crippen LogP contribution >= 0.6 is 0 Å². The van der Waals surface area contributed by atoms with Crippen LogP contribution in [0.4, 0.5) is 17.1 Å². The molecule has 0 saturated heterocycles. The highest BCUT2D eigenvalue weighted by molar-refractivity contribution is 6.75. The Hall–Kier alpha value is -6.21. The van der Waals surface area contributed by atoms with Gasteiger partial charge in [0.15, 0.2) is 0 Å². The minimum absolute atomic E-state index is 0.912. The maximum Gasteiger partial charge on any atom is 0.298 e. The Morgan fingerprint density at radius 1 is 0.345 bits per heavy atom. The Kier molecular flexibility index (Phi) is 7.48. The van der Waals surface area contributed by atoms with Gasteiger partial charge < -0.3 is 4.90 Å². The highest BCUT2D eigenvalue weighted by Gasteiger charge is 2.33. The Labute approximate surface area is 339 Å². The number of rotatable bonds is 5. The van der Waals surface area contributed by atoms with Crippen LogP contribution in [0.15, 0.2) is 167 Å². The third kappa shape index (κ3) is 5.65. The fraction of sp³-hybridized carbons (Fsp3) is 0.125. The van der Waals surface area contributed by atoms with Crippen LogP contribution < -0.4 is 37.0 Å². The number of hydrogen-bond acceptors (Lipinski definition) is 7. The van der Waals surface area contributed by atoms with Gasteiger partial charge in [-0.15, -0.1) is 0 Å². The van der Waals surface area contributed by atoms with Gasteiger partial charge in [-0.2, -0.15) is 0 Å². The van der Waals surface area contributed by atoms with Gasteiger partial charge in [-0.25, -0.2) is 0 Å². The van der Waals surface area contributed by atoms with Crippen molar-refractivity contribution in [3.63, 3.8) is 0 Å². The molecule has 0 saturated carbocycles. The molecule has 0 spiro atoms. The number of anilines is 3. The van der Waals surface area contributed by atoms with Crippen molar-refractivity contribution < 1.29 is 0 Å². The molecule has 0 aliphatic carbocycles. The zero-order chi connectivity index (χ0) is 39.6. The van der Waals surface area contributed by atoms with E-state index in [4.69, 9.17) is 27.9 Å². The Bertz CT molecular complexity index is 3520. The molecule has 0 unspecified atom stereocenters. The lowest BCUT2D eigenvalue weighted by molar-refractivity contribution is 1.17. The van der Waals surface area contributed by atoms with Gasteiger partial charge in [0.2, 0.25) is 0 Å². The van der Waals surface area contributed by atoms with Crippen molar-refractivity contribution in [2.24, 2.45) is 27.9 Å². The summed E-state index contributed by atoms with van der Waals surface area (Å²) < 4.78 is 32.5.